The molecule has 0 aliphatic carbocycles. The van der Waals surface area contributed by atoms with Crippen LogP contribution in [-0.2, 0) is 7.05 Å². The molecule has 17 heavy (non-hydrogen) atoms. The molecule has 3 N–H and O–H groups in total. The standard InChI is InChI=1S/C9H10N6O2/c1-14-5-6(4-11-14)12-9-7(15(16)17)2-3-8(10)13-9/h2-5H,1H3,(H3,10,12,13). The summed E-state index contributed by atoms with van der Waals surface area (Å²) in [7, 11) is 1.74. The molecule has 0 fully saturated rings. The predicted octanol–water partition coefficient (Wildman–Crippen LogP) is 1.05. The van der Waals surface area contributed by atoms with E-state index in [4.69, 9.17) is 5.73 Å². The van der Waals surface area contributed by atoms with Crippen LogP contribution in [0.5, 0.6) is 0 Å². The number of anilines is 3. The molecular weight excluding hydrogens is 224 g/mol. The molecule has 8 nitrogen and oxygen atoms in total. The van der Waals surface area contributed by atoms with Crippen molar-refractivity contribution >= 4 is 23.0 Å². The van der Waals surface area contributed by atoms with Crippen LogP contribution in [0.25, 0.3) is 0 Å². The lowest BCUT2D eigenvalue weighted by Crippen LogP contribution is -2.01. The van der Waals surface area contributed by atoms with Gasteiger partial charge in [-0.15, -0.1) is 0 Å². The third kappa shape index (κ3) is 2.30. The van der Waals surface area contributed by atoms with Gasteiger partial charge in [0, 0.05) is 19.3 Å². The fourth-order valence-corrected chi connectivity index (χ4v) is 1.33. The highest BCUT2D eigenvalue weighted by molar-refractivity contribution is 5.66. The minimum atomic E-state index is -0.523. The molecular formula is C9H10N6O2. The Morgan fingerprint density at radius 3 is 2.88 bits per heavy atom. The van der Waals surface area contributed by atoms with E-state index < -0.39 is 4.92 Å². The Bertz CT molecular complexity index is 564. The van der Waals surface area contributed by atoms with Gasteiger partial charge in [0.2, 0.25) is 5.82 Å². The van der Waals surface area contributed by atoms with Gasteiger partial charge in [-0.3, -0.25) is 14.8 Å². The number of nitrogens with one attached hydrogen (secondary N) is 1. The molecule has 0 aliphatic rings. The van der Waals surface area contributed by atoms with Crippen molar-refractivity contribution < 1.29 is 4.92 Å². The third-order valence-electron chi connectivity index (χ3n) is 2.06. The first-order valence-electron chi connectivity index (χ1n) is 4.73. The lowest BCUT2D eigenvalue weighted by Gasteiger charge is -2.03. The summed E-state index contributed by atoms with van der Waals surface area (Å²) in [6.45, 7) is 0. The van der Waals surface area contributed by atoms with Crippen LogP contribution in [0.4, 0.5) is 23.0 Å². The third-order valence-corrected chi connectivity index (χ3v) is 2.06. The van der Waals surface area contributed by atoms with Crippen LogP contribution < -0.4 is 11.1 Å². The molecule has 2 heterocycles. The predicted molar refractivity (Wildman–Crippen MR) is 61.8 cm³/mol. The second-order valence-electron chi connectivity index (χ2n) is 3.39. The zero-order valence-electron chi connectivity index (χ0n) is 8.99. The van der Waals surface area contributed by atoms with Crippen molar-refractivity contribution in [1.82, 2.24) is 14.8 Å². The quantitative estimate of drug-likeness (QED) is 0.606. The average molecular weight is 234 g/mol. The van der Waals surface area contributed by atoms with E-state index in [1.165, 1.54) is 18.3 Å². The van der Waals surface area contributed by atoms with Gasteiger partial charge in [-0.05, 0) is 6.07 Å². The molecule has 0 aliphatic heterocycles. The first-order chi connectivity index (χ1) is 8.06. The van der Waals surface area contributed by atoms with Gasteiger partial charge in [-0.1, -0.05) is 0 Å². The molecule has 0 spiro atoms. The number of hydrogen-bond acceptors (Lipinski definition) is 6. The number of rotatable bonds is 3. The van der Waals surface area contributed by atoms with E-state index in [0.717, 1.165) is 0 Å². The summed E-state index contributed by atoms with van der Waals surface area (Å²) < 4.78 is 1.57. The van der Waals surface area contributed by atoms with Crippen molar-refractivity contribution in [2.75, 3.05) is 11.1 Å². The molecule has 0 radical (unpaired) electrons. The smallest absolute Gasteiger partial charge is 0.311 e. The highest BCUT2D eigenvalue weighted by Gasteiger charge is 2.15. The number of hydrogen-bond donors (Lipinski definition) is 2. The van der Waals surface area contributed by atoms with Crippen molar-refractivity contribution in [2.45, 2.75) is 0 Å². The van der Waals surface area contributed by atoms with Crippen molar-refractivity contribution in [1.29, 1.82) is 0 Å². The molecule has 2 aromatic rings. The van der Waals surface area contributed by atoms with E-state index in [0.29, 0.717) is 5.69 Å². The summed E-state index contributed by atoms with van der Waals surface area (Å²) in [4.78, 5) is 14.2. The summed E-state index contributed by atoms with van der Waals surface area (Å²) in [5.74, 6) is 0.310. The zero-order valence-corrected chi connectivity index (χ0v) is 8.99. The van der Waals surface area contributed by atoms with E-state index in [2.05, 4.69) is 15.4 Å². The number of nitrogen functional groups attached to an aromatic ring is 1. The summed E-state index contributed by atoms with van der Waals surface area (Å²) in [5, 5.41) is 17.5. The SMILES string of the molecule is Cn1cc(Nc2nc(N)ccc2[N+](=O)[O-])cn1. The summed E-state index contributed by atoms with van der Waals surface area (Å²) >= 11 is 0. The molecule has 0 saturated carbocycles. The van der Waals surface area contributed by atoms with Crippen LogP contribution in [0.2, 0.25) is 0 Å². The number of nitrogens with zero attached hydrogens (tertiary/aromatic N) is 4. The van der Waals surface area contributed by atoms with Gasteiger partial charge in [0.05, 0.1) is 16.8 Å². The van der Waals surface area contributed by atoms with Crippen LogP contribution in [0, 0.1) is 10.1 Å². The van der Waals surface area contributed by atoms with E-state index in [9.17, 15) is 10.1 Å². The number of aromatic nitrogens is 3. The van der Waals surface area contributed by atoms with Gasteiger partial charge in [0.1, 0.15) is 5.82 Å². The number of nitrogens with two attached hydrogens (primary N) is 1. The Balaban J connectivity index is 2.37. The maximum Gasteiger partial charge on any atom is 0.311 e. The van der Waals surface area contributed by atoms with Gasteiger partial charge in [0.15, 0.2) is 0 Å². The fourth-order valence-electron chi connectivity index (χ4n) is 1.33. The highest BCUT2D eigenvalue weighted by atomic mass is 16.6. The van der Waals surface area contributed by atoms with E-state index >= 15 is 0 Å². The van der Waals surface area contributed by atoms with Gasteiger partial charge < -0.3 is 11.1 Å². The minimum absolute atomic E-state index is 0.100. The maximum atomic E-state index is 10.8. The lowest BCUT2D eigenvalue weighted by molar-refractivity contribution is -0.384. The molecule has 88 valence electrons. The molecule has 0 unspecified atom stereocenters. The number of pyridine rings is 1. The summed E-state index contributed by atoms with van der Waals surface area (Å²) in [5.41, 5.74) is 5.96. The van der Waals surface area contributed by atoms with Crippen molar-refractivity contribution in [3.63, 3.8) is 0 Å². The van der Waals surface area contributed by atoms with Crippen LogP contribution in [0.1, 0.15) is 0 Å². The van der Waals surface area contributed by atoms with Crippen LogP contribution in [0.3, 0.4) is 0 Å². The monoisotopic (exact) mass is 234 g/mol. The fraction of sp³-hybridized carbons (Fsp3) is 0.111. The zero-order chi connectivity index (χ0) is 12.4. The van der Waals surface area contributed by atoms with Gasteiger partial charge in [-0.2, -0.15) is 5.10 Å². The Hall–Kier alpha value is -2.64. The highest BCUT2D eigenvalue weighted by Crippen LogP contribution is 2.25. The van der Waals surface area contributed by atoms with Crippen LogP contribution >= 0.6 is 0 Å². The first-order valence-corrected chi connectivity index (χ1v) is 4.73. The summed E-state index contributed by atoms with van der Waals surface area (Å²) in [6.07, 6.45) is 3.21. The molecule has 0 saturated heterocycles. The molecule has 8 heteroatoms. The molecule has 2 aromatic heterocycles. The van der Waals surface area contributed by atoms with Crippen molar-refractivity contribution in [3.05, 3.63) is 34.6 Å². The molecule has 0 aromatic carbocycles. The molecule has 0 bridgehead atoms. The van der Waals surface area contributed by atoms with E-state index in [1.807, 2.05) is 0 Å². The van der Waals surface area contributed by atoms with Gasteiger partial charge >= 0.3 is 5.69 Å². The number of nitro groups is 1. The summed E-state index contributed by atoms with van der Waals surface area (Å²) in [6, 6.07) is 2.69. The molecule has 0 atom stereocenters. The van der Waals surface area contributed by atoms with E-state index in [1.54, 1.807) is 17.9 Å². The number of aryl methyl sites for hydroxylation is 1. The maximum absolute atomic E-state index is 10.8. The second kappa shape index (κ2) is 4.08. The van der Waals surface area contributed by atoms with Gasteiger partial charge in [0.25, 0.3) is 0 Å². The second-order valence-corrected chi connectivity index (χ2v) is 3.39. The minimum Gasteiger partial charge on any atom is -0.384 e. The van der Waals surface area contributed by atoms with Crippen LogP contribution in [-0.4, -0.2) is 19.7 Å². The Morgan fingerprint density at radius 2 is 2.29 bits per heavy atom. The Labute approximate surface area is 96.2 Å². The van der Waals surface area contributed by atoms with E-state index in [-0.39, 0.29) is 17.3 Å². The first kappa shape index (κ1) is 10.9. The molecule has 2 rings (SSSR count). The van der Waals surface area contributed by atoms with Crippen molar-refractivity contribution in [3.8, 4) is 0 Å². The Kier molecular flexibility index (Phi) is 2.61. The largest absolute Gasteiger partial charge is 0.384 e. The van der Waals surface area contributed by atoms with Crippen molar-refractivity contribution in [2.24, 2.45) is 7.05 Å². The normalized spacial score (nSPS) is 10.2. The average Bonchev–Trinajstić information content (AvgIpc) is 2.63. The van der Waals surface area contributed by atoms with Crippen LogP contribution in [0.15, 0.2) is 24.5 Å². The lowest BCUT2D eigenvalue weighted by atomic mass is 10.3. The van der Waals surface area contributed by atoms with Gasteiger partial charge in [-0.25, -0.2) is 4.98 Å². The topological polar surface area (TPSA) is 112 Å². The molecule has 0 amide bonds. The Morgan fingerprint density at radius 1 is 1.53 bits per heavy atom.